The smallest absolute Gasteiger partial charge is 0.0460 e. The number of benzene rings is 1. The van der Waals surface area contributed by atoms with Crippen molar-refractivity contribution >= 4 is 5.69 Å². The summed E-state index contributed by atoms with van der Waals surface area (Å²) in [7, 11) is 0. The van der Waals surface area contributed by atoms with Crippen molar-refractivity contribution in [3.05, 3.63) is 29.8 Å². The first-order valence-corrected chi connectivity index (χ1v) is 8.82. The van der Waals surface area contributed by atoms with Crippen molar-refractivity contribution in [3.8, 4) is 0 Å². The zero-order chi connectivity index (χ0) is 15.9. The van der Waals surface area contributed by atoms with Gasteiger partial charge >= 0.3 is 0 Å². The van der Waals surface area contributed by atoms with Gasteiger partial charge in [0.25, 0.3) is 0 Å². The maximum Gasteiger partial charge on any atom is 0.0460 e. The third-order valence-corrected chi connectivity index (χ3v) is 4.99. The molecule has 0 aliphatic carbocycles. The fourth-order valence-corrected chi connectivity index (χ4v) is 3.30. The van der Waals surface area contributed by atoms with Crippen LogP contribution in [0, 0.1) is 11.8 Å². The number of aliphatic hydroxyl groups excluding tert-OH is 1. The van der Waals surface area contributed by atoms with Crippen LogP contribution in [-0.4, -0.2) is 30.8 Å². The molecule has 1 aliphatic heterocycles. The predicted molar refractivity (Wildman–Crippen MR) is 94.2 cm³/mol. The lowest BCUT2D eigenvalue weighted by Crippen LogP contribution is -2.34. The number of hydrogen-bond acceptors (Lipinski definition) is 3. The first-order valence-electron chi connectivity index (χ1n) is 8.82. The van der Waals surface area contributed by atoms with E-state index in [4.69, 9.17) is 0 Å². The van der Waals surface area contributed by atoms with Gasteiger partial charge in [-0.3, -0.25) is 0 Å². The van der Waals surface area contributed by atoms with Crippen molar-refractivity contribution in [2.45, 2.75) is 52.6 Å². The second kappa shape index (κ2) is 8.54. The standard InChI is InChI=1S/C19H32N2O/c1-4-19(15(2)3)20-13-16-5-7-18(8-6-16)21-11-9-17(14-22)10-12-21/h5-8,15,17,19-20,22H,4,9-14H2,1-3H3. The lowest BCUT2D eigenvalue weighted by molar-refractivity contribution is 0.203. The molecule has 0 bridgehead atoms. The summed E-state index contributed by atoms with van der Waals surface area (Å²) in [5, 5.41) is 12.9. The molecule has 1 atom stereocenters. The highest BCUT2D eigenvalue weighted by atomic mass is 16.3. The molecule has 1 unspecified atom stereocenters. The zero-order valence-electron chi connectivity index (χ0n) is 14.4. The highest BCUT2D eigenvalue weighted by molar-refractivity contribution is 5.48. The van der Waals surface area contributed by atoms with Gasteiger partial charge in [0.1, 0.15) is 0 Å². The van der Waals surface area contributed by atoms with Crippen molar-refractivity contribution in [2.75, 3.05) is 24.6 Å². The predicted octanol–water partition coefficient (Wildman–Crippen LogP) is 3.42. The Bertz CT molecular complexity index is 422. The van der Waals surface area contributed by atoms with Crippen molar-refractivity contribution in [3.63, 3.8) is 0 Å². The van der Waals surface area contributed by atoms with Crippen LogP contribution < -0.4 is 10.2 Å². The average Bonchev–Trinajstić information content (AvgIpc) is 2.56. The fraction of sp³-hybridized carbons (Fsp3) is 0.684. The van der Waals surface area contributed by atoms with Crippen LogP contribution in [-0.2, 0) is 6.54 Å². The van der Waals surface area contributed by atoms with Crippen LogP contribution >= 0.6 is 0 Å². The minimum Gasteiger partial charge on any atom is -0.396 e. The largest absolute Gasteiger partial charge is 0.396 e. The number of rotatable bonds is 7. The molecule has 1 saturated heterocycles. The van der Waals surface area contributed by atoms with E-state index in [1.165, 1.54) is 17.7 Å². The van der Waals surface area contributed by atoms with E-state index in [9.17, 15) is 5.11 Å². The number of nitrogens with one attached hydrogen (secondary N) is 1. The molecule has 2 N–H and O–H groups in total. The van der Waals surface area contributed by atoms with Crippen molar-refractivity contribution in [2.24, 2.45) is 11.8 Å². The molecule has 124 valence electrons. The van der Waals surface area contributed by atoms with Crippen LogP contribution in [0.3, 0.4) is 0 Å². The molecule has 22 heavy (non-hydrogen) atoms. The minimum absolute atomic E-state index is 0.340. The summed E-state index contributed by atoms with van der Waals surface area (Å²) in [4.78, 5) is 2.44. The molecule has 0 saturated carbocycles. The van der Waals surface area contributed by atoms with Gasteiger partial charge in [-0.25, -0.2) is 0 Å². The first-order chi connectivity index (χ1) is 10.6. The first kappa shape index (κ1) is 17.3. The van der Waals surface area contributed by atoms with Gasteiger partial charge in [0.2, 0.25) is 0 Å². The molecule has 2 rings (SSSR count). The molecule has 3 heteroatoms. The monoisotopic (exact) mass is 304 g/mol. The summed E-state index contributed by atoms with van der Waals surface area (Å²) in [6.45, 7) is 10.2. The Balaban J connectivity index is 1.85. The summed E-state index contributed by atoms with van der Waals surface area (Å²) in [6, 6.07) is 9.57. The molecule has 0 radical (unpaired) electrons. The van der Waals surface area contributed by atoms with Crippen LogP contribution in [0.5, 0.6) is 0 Å². The Hall–Kier alpha value is -1.06. The average molecular weight is 304 g/mol. The summed E-state index contributed by atoms with van der Waals surface area (Å²) in [5.41, 5.74) is 2.67. The van der Waals surface area contributed by atoms with Gasteiger partial charge < -0.3 is 15.3 Å². The second-order valence-corrected chi connectivity index (χ2v) is 6.92. The van der Waals surface area contributed by atoms with Gasteiger partial charge in [-0.1, -0.05) is 32.9 Å². The Morgan fingerprint density at radius 2 is 1.82 bits per heavy atom. The van der Waals surface area contributed by atoms with E-state index in [0.29, 0.717) is 24.5 Å². The van der Waals surface area contributed by atoms with Crippen LogP contribution in [0.1, 0.15) is 45.6 Å². The van der Waals surface area contributed by atoms with Crippen molar-refractivity contribution in [1.82, 2.24) is 5.32 Å². The van der Waals surface area contributed by atoms with Gasteiger partial charge in [-0.2, -0.15) is 0 Å². The second-order valence-electron chi connectivity index (χ2n) is 6.92. The van der Waals surface area contributed by atoms with Gasteiger partial charge in [-0.05, 0) is 48.8 Å². The molecular weight excluding hydrogens is 272 g/mol. The maximum atomic E-state index is 9.22. The highest BCUT2D eigenvalue weighted by Gasteiger charge is 2.18. The third-order valence-electron chi connectivity index (χ3n) is 4.99. The number of piperidine rings is 1. The van der Waals surface area contributed by atoms with Crippen LogP contribution in [0.4, 0.5) is 5.69 Å². The highest BCUT2D eigenvalue weighted by Crippen LogP contribution is 2.23. The Kier molecular flexibility index (Phi) is 6.71. The maximum absolute atomic E-state index is 9.22. The summed E-state index contributed by atoms with van der Waals surface area (Å²) in [5.74, 6) is 1.18. The van der Waals surface area contributed by atoms with E-state index in [1.807, 2.05) is 0 Å². The molecule has 0 aromatic heterocycles. The van der Waals surface area contributed by atoms with E-state index in [2.05, 4.69) is 55.3 Å². The summed E-state index contributed by atoms with van der Waals surface area (Å²) < 4.78 is 0. The molecule has 3 nitrogen and oxygen atoms in total. The van der Waals surface area contributed by atoms with Crippen LogP contribution in [0.25, 0.3) is 0 Å². The fourth-order valence-electron chi connectivity index (χ4n) is 3.30. The number of aliphatic hydroxyl groups is 1. The molecule has 1 fully saturated rings. The quantitative estimate of drug-likeness (QED) is 0.810. The van der Waals surface area contributed by atoms with E-state index in [1.54, 1.807) is 0 Å². The van der Waals surface area contributed by atoms with Crippen molar-refractivity contribution in [1.29, 1.82) is 0 Å². The molecule has 1 aliphatic rings. The summed E-state index contributed by atoms with van der Waals surface area (Å²) >= 11 is 0. The SMILES string of the molecule is CCC(NCc1ccc(N2CCC(CO)CC2)cc1)C(C)C. The number of anilines is 1. The molecule has 1 heterocycles. The lowest BCUT2D eigenvalue weighted by atomic mass is 9.97. The normalized spacial score (nSPS) is 18.0. The van der Waals surface area contributed by atoms with Crippen LogP contribution in [0.2, 0.25) is 0 Å². The molecular formula is C19H32N2O. The van der Waals surface area contributed by atoms with E-state index in [0.717, 1.165) is 32.5 Å². The zero-order valence-corrected chi connectivity index (χ0v) is 14.4. The lowest BCUT2D eigenvalue weighted by Gasteiger charge is -2.33. The number of nitrogens with zero attached hydrogens (tertiary/aromatic N) is 1. The van der Waals surface area contributed by atoms with Crippen molar-refractivity contribution < 1.29 is 5.11 Å². The van der Waals surface area contributed by atoms with Gasteiger partial charge in [0.05, 0.1) is 0 Å². The van der Waals surface area contributed by atoms with Gasteiger partial charge in [-0.15, -0.1) is 0 Å². The van der Waals surface area contributed by atoms with Gasteiger partial charge in [0, 0.05) is 38.0 Å². The van der Waals surface area contributed by atoms with Gasteiger partial charge in [0.15, 0.2) is 0 Å². The minimum atomic E-state index is 0.340. The Morgan fingerprint density at radius 1 is 1.18 bits per heavy atom. The topological polar surface area (TPSA) is 35.5 Å². The summed E-state index contributed by atoms with van der Waals surface area (Å²) in [6.07, 6.45) is 3.38. The molecule has 0 amide bonds. The van der Waals surface area contributed by atoms with Crippen LogP contribution in [0.15, 0.2) is 24.3 Å². The Morgan fingerprint density at radius 3 is 2.32 bits per heavy atom. The third kappa shape index (κ3) is 4.72. The van der Waals surface area contributed by atoms with E-state index >= 15 is 0 Å². The molecule has 1 aromatic carbocycles. The number of hydrogen-bond donors (Lipinski definition) is 2. The van der Waals surface area contributed by atoms with E-state index < -0.39 is 0 Å². The molecule has 0 spiro atoms. The molecule has 1 aromatic rings. The van der Waals surface area contributed by atoms with E-state index in [-0.39, 0.29) is 0 Å². The Labute approximate surface area is 135 Å².